The number of ether oxygens (including phenoxy) is 1. The first-order valence-electron chi connectivity index (χ1n) is 10.5. The number of thiazole rings is 1. The summed E-state index contributed by atoms with van der Waals surface area (Å²) >= 11 is 1.28. The van der Waals surface area contributed by atoms with E-state index in [1.54, 1.807) is 39.2 Å². The number of hydrogen-bond acceptors (Lipinski definition) is 8. The molecular formula is C20H24N10O3S. The molecular weight excluding hydrogens is 460 g/mol. The van der Waals surface area contributed by atoms with E-state index < -0.39 is 17.7 Å². The number of nitrogens with zero attached hydrogens (tertiary/aromatic N) is 10. The molecule has 0 bridgehead atoms. The highest BCUT2D eigenvalue weighted by Crippen LogP contribution is 2.35. The molecule has 0 saturated carbocycles. The van der Waals surface area contributed by atoms with Crippen molar-refractivity contribution in [2.75, 3.05) is 24.7 Å². The lowest BCUT2D eigenvalue weighted by Crippen LogP contribution is -2.49. The summed E-state index contributed by atoms with van der Waals surface area (Å²) < 4.78 is 5.51. The molecule has 0 spiro atoms. The van der Waals surface area contributed by atoms with Crippen LogP contribution in [0.3, 0.4) is 0 Å². The normalized spacial score (nSPS) is 15.3. The van der Waals surface area contributed by atoms with E-state index in [4.69, 9.17) is 15.8 Å². The first-order valence-corrected chi connectivity index (χ1v) is 11.3. The molecule has 178 valence electrons. The van der Waals surface area contributed by atoms with Gasteiger partial charge in [-0.1, -0.05) is 21.6 Å². The molecule has 3 heterocycles. The maximum Gasteiger partial charge on any atom is 0.410 e. The monoisotopic (exact) mass is 484 g/mol. The van der Waals surface area contributed by atoms with E-state index in [9.17, 15) is 9.59 Å². The van der Waals surface area contributed by atoms with E-state index in [1.807, 2.05) is 6.07 Å². The number of rotatable bonds is 8. The van der Waals surface area contributed by atoms with Crippen molar-refractivity contribution in [3.8, 4) is 10.6 Å². The predicted molar refractivity (Wildman–Crippen MR) is 126 cm³/mol. The average Bonchev–Trinajstić information content (AvgIpc) is 3.46. The van der Waals surface area contributed by atoms with Gasteiger partial charge in [0.15, 0.2) is 0 Å². The van der Waals surface area contributed by atoms with Crippen LogP contribution in [0, 0.1) is 6.92 Å². The average molecular weight is 485 g/mol. The van der Waals surface area contributed by atoms with Crippen LogP contribution in [0.4, 0.5) is 9.80 Å². The van der Waals surface area contributed by atoms with Crippen LogP contribution in [0.25, 0.3) is 31.5 Å². The molecule has 2 aromatic rings. The Labute approximate surface area is 199 Å². The Morgan fingerprint density at radius 3 is 2.79 bits per heavy atom. The minimum absolute atomic E-state index is 0.0398. The van der Waals surface area contributed by atoms with E-state index in [1.165, 1.54) is 21.1 Å². The predicted octanol–water partition coefficient (Wildman–Crippen LogP) is 4.80. The van der Waals surface area contributed by atoms with Crippen molar-refractivity contribution >= 4 is 28.3 Å². The zero-order valence-corrected chi connectivity index (χ0v) is 19.8. The highest BCUT2D eigenvalue weighted by molar-refractivity contribution is 7.19. The maximum atomic E-state index is 13.6. The third kappa shape index (κ3) is 5.73. The van der Waals surface area contributed by atoms with Crippen LogP contribution in [0.2, 0.25) is 0 Å². The van der Waals surface area contributed by atoms with Crippen molar-refractivity contribution in [3.05, 3.63) is 51.1 Å². The van der Waals surface area contributed by atoms with Gasteiger partial charge >= 0.3 is 6.09 Å². The van der Waals surface area contributed by atoms with E-state index in [-0.39, 0.29) is 19.1 Å². The lowest BCUT2D eigenvalue weighted by molar-refractivity contribution is -0.122. The number of amides is 2. The summed E-state index contributed by atoms with van der Waals surface area (Å²) in [5.41, 5.74) is 17.8. The molecule has 2 amide bonds. The number of likely N-dealkylation sites (tertiary alicyclic amines) is 1. The fourth-order valence-corrected chi connectivity index (χ4v) is 4.58. The van der Waals surface area contributed by atoms with Gasteiger partial charge in [-0.3, -0.25) is 19.6 Å². The van der Waals surface area contributed by atoms with Crippen LogP contribution >= 0.6 is 11.3 Å². The highest BCUT2D eigenvalue weighted by Gasteiger charge is 2.40. The van der Waals surface area contributed by atoms with Gasteiger partial charge in [0.1, 0.15) is 28.3 Å². The zero-order valence-electron chi connectivity index (χ0n) is 19.0. The molecule has 14 heteroatoms. The van der Waals surface area contributed by atoms with Crippen molar-refractivity contribution in [2.24, 2.45) is 10.2 Å². The third-order valence-electron chi connectivity index (χ3n) is 5.11. The number of pyridine rings is 1. The summed E-state index contributed by atoms with van der Waals surface area (Å²) in [5, 5.41) is 8.26. The lowest BCUT2D eigenvalue weighted by atomic mass is 10.1. The van der Waals surface area contributed by atoms with Gasteiger partial charge in [0.2, 0.25) is 0 Å². The molecule has 2 aromatic heterocycles. The number of azide groups is 2. The number of carbonyl (C=O) groups is 2. The van der Waals surface area contributed by atoms with Crippen LogP contribution in [-0.2, 0) is 9.53 Å². The molecule has 13 nitrogen and oxygen atoms in total. The second-order valence-corrected chi connectivity index (χ2v) is 9.14. The van der Waals surface area contributed by atoms with Crippen LogP contribution < -0.4 is 4.90 Å². The fourth-order valence-electron chi connectivity index (χ4n) is 3.53. The summed E-state index contributed by atoms with van der Waals surface area (Å²) in [6.07, 6.45) is 3.71. The highest BCUT2D eigenvalue weighted by atomic mass is 32.1. The summed E-state index contributed by atoms with van der Waals surface area (Å²) in [6.45, 7) is 5.07. The van der Waals surface area contributed by atoms with Crippen LogP contribution in [0.5, 0.6) is 0 Å². The van der Waals surface area contributed by atoms with Gasteiger partial charge in [-0.25, -0.2) is 9.78 Å². The Hall–Kier alpha value is -3.86. The Morgan fingerprint density at radius 1 is 1.35 bits per heavy atom. The van der Waals surface area contributed by atoms with Crippen molar-refractivity contribution in [1.82, 2.24) is 14.9 Å². The van der Waals surface area contributed by atoms with Crippen molar-refractivity contribution in [3.63, 3.8) is 0 Å². The summed E-state index contributed by atoms with van der Waals surface area (Å²) in [6, 6.07) is 2.86. The summed E-state index contributed by atoms with van der Waals surface area (Å²) in [4.78, 5) is 43.3. The number of carbonyl (C=O) groups excluding carboxylic acids is 2. The molecule has 0 aliphatic carbocycles. The minimum Gasteiger partial charge on any atom is -0.443 e. The quantitative estimate of drug-likeness (QED) is 0.296. The maximum absolute atomic E-state index is 13.6. The largest absolute Gasteiger partial charge is 0.443 e. The second kappa shape index (κ2) is 10.8. The van der Waals surface area contributed by atoms with E-state index in [2.05, 4.69) is 30.0 Å². The van der Waals surface area contributed by atoms with Gasteiger partial charge < -0.3 is 4.74 Å². The van der Waals surface area contributed by atoms with Gasteiger partial charge in [0.05, 0.1) is 12.2 Å². The summed E-state index contributed by atoms with van der Waals surface area (Å²) in [7, 11) is 0. The smallest absolute Gasteiger partial charge is 0.410 e. The van der Waals surface area contributed by atoms with Crippen LogP contribution in [-0.4, -0.2) is 58.3 Å². The standard InChI is InChI=1S/C20H24N10O3S/c1-13-18(34-16(26-13)14-6-4-8-23-10-14)30(12-25-28-22)17(31)15-7-5-9-29(15)19(32)33-20(2,3)11-24-27-21/h4,6,8,10,15H,5,7,9,11-12H2,1-3H3. The second-order valence-electron chi connectivity index (χ2n) is 8.16. The van der Waals surface area contributed by atoms with Gasteiger partial charge in [-0.2, -0.15) is 0 Å². The Kier molecular flexibility index (Phi) is 7.90. The minimum atomic E-state index is -1.03. The van der Waals surface area contributed by atoms with Gasteiger partial charge in [-0.15, -0.1) is 0 Å². The molecule has 0 N–H and O–H groups in total. The lowest BCUT2D eigenvalue weighted by Gasteiger charge is -2.31. The molecule has 1 saturated heterocycles. The topological polar surface area (TPSA) is 173 Å². The molecule has 1 unspecified atom stereocenters. The third-order valence-corrected chi connectivity index (χ3v) is 6.34. The Bertz CT molecular complexity index is 1140. The molecule has 1 aliphatic heterocycles. The number of aromatic nitrogens is 2. The molecule has 1 atom stereocenters. The van der Waals surface area contributed by atoms with Gasteiger partial charge in [0, 0.05) is 34.3 Å². The van der Waals surface area contributed by atoms with Gasteiger partial charge in [0.25, 0.3) is 5.91 Å². The number of anilines is 1. The molecule has 34 heavy (non-hydrogen) atoms. The van der Waals surface area contributed by atoms with Crippen LogP contribution in [0.1, 0.15) is 32.4 Å². The molecule has 3 rings (SSSR count). The summed E-state index contributed by atoms with van der Waals surface area (Å²) in [5.74, 6) is -0.390. The van der Waals surface area contributed by atoms with E-state index in [0.717, 1.165) is 5.56 Å². The van der Waals surface area contributed by atoms with Crippen molar-refractivity contribution < 1.29 is 14.3 Å². The first kappa shape index (κ1) is 24.8. The Morgan fingerprint density at radius 2 is 2.12 bits per heavy atom. The number of aryl methyl sites for hydroxylation is 1. The SMILES string of the molecule is Cc1nc(-c2cccnc2)sc1N(CN=[N+]=[N-])C(=O)C1CCCN1C(=O)OC(C)(C)CN=[N+]=[N-]. The molecule has 1 fully saturated rings. The van der Waals surface area contributed by atoms with Gasteiger partial charge in [-0.05, 0) is 56.8 Å². The molecule has 1 aliphatic rings. The Balaban J connectivity index is 1.86. The van der Waals surface area contributed by atoms with Crippen LogP contribution in [0.15, 0.2) is 34.8 Å². The van der Waals surface area contributed by atoms with E-state index >= 15 is 0 Å². The van der Waals surface area contributed by atoms with Crippen molar-refractivity contribution in [2.45, 2.75) is 45.3 Å². The fraction of sp³-hybridized carbons (Fsp3) is 0.500. The molecule has 0 aromatic carbocycles. The number of hydrogen-bond donors (Lipinski definition) is 0. The van der Waals surface area contributed by atoms with Crippen molar-refractivity contribution in [1.29, 1.82) is 0 Å². The van der Waals surface area contributed by atoms with E-state index in [0.29, 0.717) is 35.1 Å². The zero-order chi connectivity index (χ0) is 24.7. The molecule has 0 radical (unpaired) electrons. The first-order chi connectivity index (χ1) is 16.3.